The summed E-state index contributed by atoms with van der Waals surface area (Å²) in [5.74, 6) is -0.605. The van der Waals surface area contributed by atoms with Crippen molar-refractivity contribution in [1.29, 1.82) is 0 Å². The van der Waals surface area contributed by atoms with Crippen LogP contribution in [-0.4, -0.2) is 12.3 Å². The van der Waals surface area contributed by atoms with Crippen molar-refractivity contribution in [2.75, 3.05) is 0 Å². The molecule has 0 spiro atoms. The molecule has 21 heavy (non-hydrogen) atoms. The Morgan fingerprint density at radius 1 is 1.05 bits per heavy atom. The third-order valence-electron chi connectivity index (χ3n) is 2.62. The van der Waals surface area contributed by atoms with Crippen LogP contribution in [0, 0.1) is 0 Å². The minimum absolute atomic E-state index is 0.114. The summed E-state index contributed by atoms with van der Waals surface area (Å²) in [6.45, 7) is 0.114. The molecule has 0 aliphatic carbocycles. The van der Waals surface area contributed by atoms with E-state index in [0.717, 1.165) is 0 Å². The predicted octanol–water partition coefficient (Wildman–Crippen LogP) is 3.52. The van der Waals surface area contributed by atoms with Crippen LogP contribution < -0.4 is 10.1 Å². The largest absolute Gasteiger partial charge is 0.573 e. The number of hydrogen-bond acceptors (Lipinski definition) is 2. The fraction of sp³-hybridized carbons (Fsp3) is 0.133. The maximum absolute atomic E-state index is 12.1. The second-order valence-electron chi connectivity index (χ2n) is 4.24. The molecular weight excluding hydrogens is 283 g/mol. The van der Waals surface area contributed by atoms with E-state index in [2.05, 4.69) is 10.1 Å². The Labute approximate surface area is 119 Å². The molecule has 0 aromatic heterocycles. The fourth-order valence-corrected chi connectivity index (χ4v) is 1.73. The lowest BCUT2D eigenvalue weighted by Crippen LogP contribution is -2.22. The van der Waals surface area contributed by atoms with Gasteiger partial charge in [-0.05, 0) is 29.8 Å². The standard InChI is InChI=1S/C15H12F3NO2/c16-15(17,18)21-13-8-4-5-11(9-13)10-19-14(20)12-6-2-1-3-7-12/h1-9H,10H2,(H,19,20). The Morgan fingerprint density at radius 3 is 2.43 bits per heavy atom. The molecular formula is C15H12F3NO2. The third-order valence-corrected chi connectivity index (χ3v) is 2.62. The minimum Gasteiger partial charge on any atom is -0.406 e. The van der Waals surface area contributed by atoms with E-state index in [0.29, 0.717) is 11.1 Å². The molecule has 2 aromatic rings. The van der Waals surface area contributed by atoms with Gasteiger partial charge in [0.15, 0.2) is 0 Å². The van der Waals surface area contributed by atoms with Crippen molar-refractivity contribution in [3.05, 3.63) is 65.7 Å². The molecule has 3 nitrogen and oxygen atoms in total. The normalized spacial score (nSPS) is 11.0. The van der Waals surface area contributed by atoms with Gasteiger partial charge in [0.1, 0.15) is 5.75 Å². The smallest absolute Gasteiger partial charge is 0.406 e. The summed E-state index contributed by atoms with van der Waals surface area (Å²) in [6, 6.07) is 14.0. The second-order valence-corrected chi connectivity index (χ2v) is 4.24. The Bertz CT molecular complexity index is 612. The van der Waals surface area contributed by atoms with Crippen molar-refractivity contribution in [2.24, 2.45) is 0 Å². The second kappa shape index (κ2) is 6.30. The Kier molecular flexibility index (Phi) is 4.47. The van der Waals surface area contributed by atoms with E-state index >= 15 is 0 Å². The number of nitrogens with one attached hydrogen (secondary N) is 1. The molecule has 0 bridgehead atoms. The topological polar surface area (TPSA) is 38.3 Å². The van der Waals surface area contributed by atoms with Crippen LogP contribution in [0.4, 0.5) is 13.2 Å². The van der Waals surface area contributed by atoms with Gasteiger partial charge in [0.2, 0.25) is 0 Å². The van der Waals surface area contributed by atoms with Crippen molar-refractivity contribution >= 4 is 5.91 Å². The van der Waals surface area contributed by atoms with Gasteiger partial charge in [-0.25, -0.2) is 0 Å². The van der Waals surface area contributed by atoms with E-state index in [1.807, 2.05) is 0 Å². The van der Waals surface area contributed by atoms with Crippen molar-refractivity contribution in [3.8, 4) is 5.75 Å². The molecule has 0 saturated heterocycles. The van der Waals surface area contributed by atoms with Crippen LogP contribution in [0.2, 0.25) is 0 Å². The fourth-order valence-electron chi connectivity index (χ4n) is 1.73. The summed E-state index contributed by atoms with van der Waals surface area (Å²) in [5.41, 5.74) is 1.00. The minimum atomic E-state index is -4.73. The SMILES string of the molecule is O=C(NCc1cccc(OC(F)(F)F)c1)c1ccccc1. The van der Waals surface area contributed by atoms with Gasteiger partial charge in [-0.2, -0.15) is 0 Å². The molecule has 0 heterocycles. The maximum atomic E-state index is 12.1. The zero-order chi connectivity index (χ0) is 15.3. The summed E-state index contributed by atoms with van der Waals surface area (Å²) in [5, 5.41) is 2.63. The highest BCUT2D eigenvalue weighted by Gasteiger charge is 2.31. The Balaban J connectivity index is 1.97. The van der Waals surface area contributed by atoms with Gasteiger partial charge in [-0.1, -0.05) is 30.3 Å². The first-order valence-electron chi connectivity index (χ1n) is 6.12. The molecule has 1 N–H and O–H groups in total. The first-order valence-corrected chi connectivity index (χ1v) is 6.12. The average molecular weight is 295 g/mol. The third kappa shape index (κ3) is 4.83. The summed E-state index contributed by atoms with van der Waals surface area (Å²) >= 11 is 0. The van der Waals surface area contributed by atoms with Crippen LogP contribution in [0.3, 0.4) is 0 Å². The molecule has 0 unspecified atom stereocenters. The summed E-state index contributed by atoms with van der Waals surface area (Å²) in [7, 11) is 0. The molecule has 2 aromatic carbocycles. The van der Waals surface area contributed by atoms with Crippen molar-refractivity contribution in [1.82, 2.24) is 5.32 Å². The van der Waals surface area contributed by atoms with E-state index in [9.17, 15) is 18.0 Å². The first-order chi connectivity index (χ1) is 9.94. The molecule has 2 rings (SSSR count). The number of benzene rings is 2. The van der Waals surface area contributed by atoms with Crippen LogP contribution in [0.1, 0.15) is 15.9 Å². The molecule has 0 atom stereocenters. The van der Waals surface area contributed by atoms with Crippen LogP contribution in [-0.2, 0) is 6.54 Å². The van der Waals surface area contributed by atoms with E-state index in [1.54, 1.807) is 36.4 Å². The van der Waals surface area contributed by atoms with Crippen LogP contribution >= 0.6 is 0 Å². The zero-order valence-corrected chi connectivity index (χ0v) is 10.9. The molecule has 0 aliphatic rings. The van der Waals surface area contributed by atoms with Crippen molar-refractivity contribution in [2.45, 2.75) is 12.9 Å². The van der Waals surface area contributed by atoms with Crippen molar-refractivity contribution in [3.63, 3.8) is 0 Å². The van der Waals surface area contributed by atoms with Crippen LogP contribution in [0.5, 0.6) is 5.75 Å². The molecule has 6 heteroatoms. The number of amides is 1. The quantitative estimate of drug-likeness (QED) is 0.937. The predicted molar refractivity (Wildman–Crippen MR) is 70.7 cm³/mol. The van der Waals surface area contributed by atoms with E-state index in [1.165, 1.54) is 18.2 Å². The van der Waals surface area contributed by atoms with Crippen LogP contribution in [0.15, 0.2) is 54.6 Å². The van der Waals surface area contributed by atoms with Gasteiger partial charge in [-0.15, -0.1) is 13.2 Å². The lowest BCUT2D eigenvalue weighted by Gasteiger charge is -2.10. The first kappa shape index (κ1) is 14.9. The Hall–Kier alpha value is -2.50. The van der Waals surface area contributed by atoms with E-state index < -0.39 is 6.36 Å². The molecule has 0 saturated carbocycles. The van der Waals surface area contributed by atoms with Gasteiger partial charge in [0, 0.05) is 12.1 Å². The van der Waals surface area contributed by atoms with Crippen molar-refractivity contribution < 1.29 is 22.7 Å². The Morgan fingerprint density at radius 2 is 1.76 bits per heavy atom. The van der Waals surface area contributed by atoms with E-state index in [-0.39, 0.29) is 18.2 Å². The van der Waals surface area contributed by atoms with Gasteiger partial charge >= 0.3 is 6.36 Å². The number of ether oxygens (including phenoxy) is 1. The number of alkyl halides is 3. The van der Waals surface area contributed by atoms with Gasteiger partial charge in [0.25, 0.3) is 5.91 Å². The molecule has 0 fully saturated rings. The highest BCUT2D eigenvalue weighted by atomic mass is 19.4. The number of hydrogen-bond donors (Lipinski definition) is 1. The van der Waals surface area contributed by atoms with Gasteiger partial charge < -0.3 is 10.1 Å². The molecule has 1 amide bonds. The molecule has 110 valence electrons. The molecule has 0 radical (unpaired) electrons. The summed E-state index contributed by atoms with van der Waals surface area (Å²) in [4.78, 5) is 11.8. The number of halogens is 3. The average Bonchev–Trinajstić information content (AvgIpc) is 2.44. The number of rotatable bonds is 4. The lowest BCUT2D eigenvalue weighted by atomic mass is 10.2. The maximum Gasteiger partial charge on any atom is 0.573 e. The zero-order valence-electron chi connectivity index (χ0n) is 10.9. The highest BCUT2D eigenvalue weighted by molar-refractivity contribution is 5.94. The lowest BCUT2D eigenvalue weighted by molar-refractivity contribution is -0.274. The summed E-state index contributed by atoms with van der Waals surface area (Å²) < 4.78 is 40.2. The summed E-state index contributed by atoms with van der Waals surface area (Å²) in [6.07, 6.45) is -4.73. The number of carbonyl (C=O) groups excluding carboxylic acids is 1. The van der Waals surface area contributed by atoms with Gasteiger partial charge in [0.05, 0.1) is 0 Å². The number of carbonyl (C=O) groups is 1. The monoisotopic (exact) mass is 295 g/mol. The van der Waals surface area contributed by atoms with Crippen LogP contribution in [0.25, 0.3) is 0 Å². The van der Waals surface area contributed by atoms with Gasteiger partial charge in [-0.3, -0.25) is 4.79 Å². The molecule has 0 aliphatic heterocycles. The highest BCUT2D eigenvalue weighted by Crippen LogP contribution is 2.23. The van der Waals surface area contributed by atoms with E-state index in [4.69, 9.17) is 0 Å².